The molecular formula is C30H41N3O7. The fraction of sp³-hybridized carbons (Fsp3) is 0.600. The lowest BCUT2D eigenvalue weighted by molar-refractivity contribution is -0.175. The van der Waals surface area contributed by atoms with Gasteiger partial charge in [-0.3, -0.25) is 4.79 Å². The van der Waals surface area contributed by atoms with Crippen LogP contribution in [0.2, 0.25) is 0 Å². The summed E-state index contributed by atoms with van der Waals surface area (Å²) in [6.07, 6.45) is 2.04. The lowest BCUT2D eigenvalue weighted by Crippen LogP contribution is -2.74. The molecule has 1 aromatic rings. The molecule has 1 aromatic carbocycles. The Morgan fingerprint density at radius 1 is 1.32 bits per heavy atom. The van der Waals surface area contributed by atoms with Crippen molar-refractivity contribution in [2.75, 3.05) is 20.1 Å². The number of hydrogen-bond acceptors (Lipinski definition) is 10. The second-order valence-corrected chi connectivity index (χ2v) is 12.1. The summed E-state index contributed by atoms with van der Waals surface area (Å²) in [4.78, 5) is 27.6. The highest BCUT2D eigenvalue weighted by molar-refractivity contribution is 5.80. The molecule has 5 N–H and O–H groups in total. The number of esters is 2. The van der Waals surface area contributed by atoms with Gasteiger partial charge in [0.05, 0.1) is 17.4 Å². The molecule has 4 aliphatic rings. The number of nitrogens with zero attached hydrogens (tertiary/aromatic N) is 1. The standard InChI is InChI=1S/C30H41N3O7/c1-16(2)14-20(31)17(3)32-12-9-24(35)38-18(4)28(36)39-22-8-10-30(37)23-15-19-6-7-21(34)26-25(19)29(30,27(22)40-26)11-13-33(23)5/h6-8,16,18,20,23,27,32,34,37H,3,9-15,31H2,1-2,4-5H3/t18-,20-,23+,27-,29-,30+/m0/s1. The zero-order valence-electron chi connectivity index (χ0n) is 23.7. The summed E-state index contributed by atoms with van der Waals surface area (Å²) in [6, 6.07) is 3.15. The number of likely N-dealkylation sites (N-methyl/N-ethyl adjacent to an activating group) is 1. The maximum absolute atomic E-state index is 13.1. The van der Waals surface area contributed by atoms with Crippen LogP contribution in [-0.2, 0) is 30.9 Å². The summed E-state index contributed by atoms with van der Waals surface area (Å²) in [5.41, 5.74) is 6.57. The monoisotopic (exact) mass is 555 g/mol. The average molecular weight is 556 g/mol. The van der Waals surface area contributed by atoms with E-state index in [4.69, 9.17) is 19.9 Å². The number of aliphatic hydroxyl groups is 1. The Balaban J connectivity index is 1.25. The van der Waals surface area contributed by atoms with Crippen LogP contribution < -0.4 is 15.8 Å². The highest BCUT2D eigenvalue weighted by Gasteiger charge is 2.72. The molecule has 0 amide bonds. The number of ether oxygens (including phenoxy) is 3. The molecule has 6 atom stereocenters. The molecule has 5 rings (SSSR count). The Hall–Kier alpha value is -3.08. The molecule has 10 heteroatoms. The van der Waals surface area contributed by atoms with Gasteiger partial charge in [0.2, 0.25) is 0 Å². The highest BCUT2D eigenvalue weighted by atomic mass is 16.6. The van der Waals surface area contributed by atoms with Gasteiger partial charge in [0.15, 0.2) is 23.7 Å². The topological polar surface area (TPSA) is 144 Å². The van der Waals surface area contributed by atoms with Crippen LogP contribution in [0.15, 0.2) is 36.2 Å². The summed E-state index contributed by atoms with van der Waals surface area (Å²) in [6.45, 7) is 10.6. The first-order valence-electron chi connectivity index (χ1n) is 14.1. The van der Waals surface area contributed by atoms with Gasteiger partial charge < -0.3 is 40.4 Å². The second-order valence-electron chi connectivity index (χ2n) is 12.1. The molecule has 1 fully saturated rings. The number of aromatic hydroxyl groups is 1. The van der Waals surface area contributed by atoms with Crippen LogP contribution in [-0.4, -0.2) is 77.1 Å². The SMILES string of the molecule is C=C(NCCC(=O)O[C@@H](C)C(=O)OC1=CC[C@@]2(O)[C@H]3Cc4ccc(O)c5c4[C@@]2(CCN3C)[C@H]1O5)[C@@H](N)CC(C)C. The van der Waals surface area contributed by atoms with Crippen molar-refractivity contribution in [1.82, 2.24) is 10.2 Å². The van der Waals surface area contributed by atoms with E-state index in [1.165, 1.54) is 6.92 Å². The summed E-state index contributed by atoms with van der Waals surface area (Å²) in [7, 11) is 2.01. The third kappa shape index (κ3) is 4.46. The fourth-order valence-electron chi connectivity index (χ4n) is 7.05. The Bertz CT molecular complexity index is 1250. The summed E-state index contributed by atoms with van der Waals surface area (Å²) < 4.78 is 17.4. The maximum Gasteiger partial charge on any atom is 0.352 e. The summed E-state index contributed by atoms with van der Waals surface area (Å²) in [5, 5.41) is 25.9. The lowest BCUT2D eigenvalue weighted by Gasteiger charge is -2.61. The number of nitrogens with one attached hydrogen (secondary N) is 1. The van der Waals surface area contributed by atoms with E-state index >= 15 is 0 Å². The molecule has 0 aromatic heterocycles. The van der Waals surface area contributed by atoms with Gasteiger partial charge in [-0.2, -0.15) is 0 Å². The molecule has 40 heavy (non-hydrogen) atoms. The minimum absolute atomic E-state index is 0.00307. The van der Waals surface area contributed by atoms with Crippen molar-refractivity contribution in [1.29, 1.82) is 0 Å². The predicted octanol–water partition coefficient (Wildman–Crippen LogP) is 2.01. The number of carbonyl (C=O) groups is 2. The van der Waals surface area contributed by atoms with Crippen LogP contribution in [0.3, 0.4) is 0 Å². The number of hydrogen-bond donors (Lipinski definition) is 4. The largest absolute Gasteiger partial charge is 0.504 e. The van der Waals surface area contributed by atoms with Crippen molar-refractivity contribution in [3.8, 4) is 11.5 Å². The number of benzene rings is 1. The fourth-order valence-corrected chi connectivity index (χ4v) is 7.05. The van der Waals surface area contributed by atoms with Crippen LogP contribution in [0.4, 0.5) is 0 Å². The maximum atomic E-state index is 13.1. The van der Waals surface area contributed by atoms with E-state index in [0.29, 0.717) is 30.2 Å². The molecule has 1 spiro atoms. The quantitative estimate of drug-likeness (QED) is 0.317. The van der Waals surface area contributed by atoms with Crippen molar-refractivity contribution in [3.63, 3.8) is 0 Å². The number of carbonyl (C=O) groups excluding carboxylic acids is 2. The van der Waals surface area contributed by atoms with Crippen LogP contribution in [0.1, 0.15) is 57.6 Å². The Morgan fingerprint density at radius 2 is 2.08 bits per heavy atom. The van der Waals surface area contributed by atoms with Crippen LogP contribution >= 0.6 is 0 Å². The zero-order chi connectivity index (χ0) is 29.0. The van der Waals surface area contributed by atoms with E-state index < -0.39 is 35.2 Å². The first-order valence-corrected chi connectivity index (χ1v) is 14.1. The molecule has 218 valence electrons. The minimum Gasteiger partial charge on any atom is -0.504 e. The predicted molar refractivity (Wildman–Crippen MR) is 147 cm³/mol. The molecule has 2 bridgehead atoms. The second kappa shape index (κ2) is 10.4. The zero-order valence-corrected chi connectivity index (χ0v) is 23.7. The number of likely N-dealkylation sites (tertiary alicyclic amines) is 1. The first kappa shape index (κ1) is 28.4. The first-order chi connectivity index (χ1) is 18.9. The number of rotatable bonds is 10. The van der Waals surface area contributed by atoms with Gasteiger partial charge in [-0.25, -0.2) is 4.79 Å². The van der Waals surface area contributed by atoms with Gasteiger partial charge in [-0.05, 0) is 63.4 Å². The van der Waals surface area contributed by atoms with E-state index in [2.05, 4.69) is 30.6 Å². The van der Waals surface area contributed by atoms with Crippen LogP contribution in [0.5, 0.6) is 11.5 Å². The van der Waals surface area contributed by atoms with Gasteiger partial charge >= 0.3 is 11.9 Å². The summed E-state index contributed by atoms with van der Waals surface area (Å²) >= 11 is 0. The van der Waals surface area contributed by atoms with Crippen molar-refractivity contribution < 1.29 is 34.0 Å². The average Bonchev–Trinajstić information content (AvgIpc) is 3.25. The van der Waals surface area contributed by atoms with E-state index in [9.17, 15) is 19.8 Å². The molecule has 0 unspecified atom stereocenters. The van der Waals surface area contributed by atoms with Gasteiger partial charge in [0.25, 0.3) is 0 Å². The molecule has 2 aliphatic carbocycles. The number of piperidine rings is 1. The normalized spacial score (nSPS) is 29.5. The molecule has 0 radical (unpaired) electrons. The molecule has 1 saturated heterocycles. The molecule has 0 saturated carbocycles. The molecule has 10 nitrogen and oxygen atoms in total. The van der Waals surface area contributed by atoms with E-state index in [-0.39, 0.29) is 43.0 Å². The van der Waals surface area contributed by atoms with Crippen molar-refractivity contribution in [2.45, 2.75) is 88.2 Å². The molecular weight excluding hydrogens is 514 g/mol. The third-order valence-corrected chi connectivity index (χ3v) is 9.07. The van der Waals surface area contributed by atoms with Crippen molar-refractivity contribution in [3.05, 3.63) is 47.4 Å². The summed E-state index contributed by atoms with van der Waals surface area (Å²) in [5.74, 6) is -0.263. The van der Waals surface area contributed by atoms with Crippen molar-refractivity contribution >= 4 is 11.9 Å². The Labute approximate surface area is 235 Å². The van der Waals surface area contributed by atoms with Crippen molar-refractivity contribution in [2.24, 2.45) is 11.7 Å². The Morgan fingerprint density at radius 3 is 2.80 bits per heavy atom. The van der Waals surface area contributed by atoms with Gasteiger partial charge in [0.1, 0.15) is 5.76 Å². The molecule has 2 heterocycles. The van der Waals surface area contributed by atoms with Gasteiger partial charge in [0, 0.05) is 36.3 Å². The molecule has 2 aliphatic heterocycles. The van der Waals surface area contributed by atoms with Crippen LogP contribution in [0, 0.1) is 5.92 Å². The number of phenolic OH excluding ortho intramolecular Hbond substituents is 1. The number of nitrogens with two attached hydrogens (primary N) is 1. The van der Waals surface area contributed by atoms with Gasteiger partial charge in [-0.1, -0.05) is 26.5 Å². The minimum atomic E-state index is -1.15. The van der Waals surface area contributed by atoms with E-state index in [1.807, 2.05) is 13.1 Å². The number of phenols is 1. The highest BCUT2D eigenvalue weighted by Crippen LogP contribution is 2.65. The third-order valence-electron chi connectivity index (χ3n) is 9.07. The van der Waals surface area contributed by atoms with Crippen LogP contribution in [0.25, 0.3) is 0 Å². The van der Waals surface area contributed by atoms with E-state index in [1.54, 1.807) is 12.1 Å². The lowest BCUT2D eigenvalue weighted by atomic mass is 9.50. The van der Waals surface area contributed by atoms with Gasteiger partial charge in [-0.15, -0.1) is 0 Å². The Kier molecular flexibility index (Phi) is 7.39. The van der Waals surface area contributed by atoms with E-state index in [0.717, 1.165) is 24.1 Å². The smallest absolute Gasteiger partial charge is 0.352 e.